The zero-order chi connectivity index (χ0) is 46.2. The van der Waals surface area contributed by atoms with E-state index in [1.54, 1.807) is 22.3 Å². The molecule has 0 unspecified atom stereocenters. The van der Waals surface area contributed by atoms with E-state index in [9.17, 15) is 0 Å². The molecule has 3 heteroatoms. The van der Waals surface area contributed by atoms with Gasteiger partial charge in [-0.1, -0.05) is 146 Å². The van der Waals surface area contributed by atoms with Crippen molar-refractivity contribution < 1.29 is 0 Å². The molecule has 0 N–H and O–H groups in total. The second kappa shape index (κ2) is 14.4. The highest BCUT2D eigenvalue weighted by atomic mass is 28.3. The standard InChI is InChI=1S/C68H60N2Si/c1-3-15-53(16-4-1)71(54-17-5-2-6-18-54)65-30-28-51(69-61-23-11-7-19-57(61)67(58-20-8-12-24-62(58)69)47-33-43-31-44(35-47)36-48(67)34-43)41-56(65)55-29-27-52(42-66(55)71)70-63-25-13-9-21-59(63)68(60-22-10-14-26-64(60)70)49-37-45-32-46(39-49)40-50(68)38-45/h1-30,41-50H,31-40H2/t43-,44+,45-,46+,47-,48?,49-,50?. The lowest BCUT2D eigenvalue weighted by atomic mass is 9.41. The van der Waals surface area contributed by atoms with Crippen molar-refractivity contribution >= 4 is 62.9 Å². The van der Waals surface area contributed by atoms with Gasteiger partial charge in [-0.2, -0.15) is 0 Å². The van der Waals surface area contributed by atoms with Gasteiger partial charge < -0.3 is 9.80 Å². The van der Waals surface area contributed by atoms with Crippen molar-refractivity contribution in [2.24, 2.45) is 47.3 Å². The number of rotatable bonds is 4. The molecule has 11 aliphatic rings. The first-order valence-corrected chi connectivity index (χ1v) is 29.5. The fourth-order valence-electron chi connectivity index (χ4n) is 19.5. The number of anilines is 6. The lowest BCUT2D eigenvalue weighted by molar-refractivity contribution is -0.0419. The van der Waals surface area contributed by atoms with Crippen LogP contribution in [0, 0.1) is 47.3 Å². The third-order valence-corrected chi connectivity index (χ3v) is 26.1. The quantitative estimate of drug-likeness (QED) is 0.162. The maximum absolute atomic E-state index is 2.88. The van der Waals surface area contributed by atoms with Crippen molar-refractivity contribution in [2.75, 3.05) is 9.80 Å². The van der Waals surface area contributed by atoms with E-state index in [4.69, 9.17) is 0 Å². The van der Waals surface area contributed by atoms with Gasteiger partial charge in [-0.05, 0) is 214 Å². The Hall–Kier alpha value is -6.42. The van der Waals surface area contributed by atoms with Gasteiger partial charge in [0.1, 0.15) is 0 Å². The second-order valence-corrected chi connectivity index (χ2v) is 27.8. The van der Waals surface area contributed by atoms with Gasteiger partial charge in [-0.25, -0.2) is 0 Å². The molecule has 71 heavy (non-hydrogen) atoms. The predicted octanol–water partition coefficient (Wildman–Crippen LogP) is 14.1. The van der Waals surface area contributed by atoms with Crippen molar-refractivity contribution in [1.82, 2.24) is 0 Å². The Bertz CT molecular complexity index is 3300. The largest absolute Gasteiger partial charge is 0.310 e. The summed E-state index contributed by atoms with van der Waals surface area (Å²) in [5.74, 6) is 6.48. The third kappa shape index (κ3) is 5.00. The van der Waals surface area contributed by atoms with Crippen LogP contribution in [0.1, 0.15) is 86.5 Å². The third-order valence-electron chi connectivity index (χ3n) is 21.2. The van der Waals surface area contributed by atoms with Crippen LogP contribution in [0.25, 0.3) is 11.1 Å². The van der Waals surface area contributed by atoms with E-state index < -0.39 is 8.07 Å². The monoisotopic (exact) mass is 932 g/mol. The Morgan fingerprint density at radius 3 is 1.07 bits per heavy atom. The number of nitrogens with zero attached hydrogens (tertiary/aromatic N) is 2. The van der Waals surface area contributed by atoms with Crippen LogP contribution in [0.3, 0.4) is 0 Å². The summed E-state index contributed by atoms with van der Waals surface area (Å²) in [6.45, 7) is 0. The molecule has 346 valence electrons. The molecule has 3 aliphatic heterocycles. The fourth-order valence-corrected chi connectivity index (χ4v) is 24.7. The molecule has 19 rings (SSSR count). The van der Waals surface area contributed by atoms with Crippen LogP contribution in [0.15, 0.2) is 194 Å². The Morgan fingerprint density at radius 2 is 0.662 bits per heavy atom. The van der Waals surface area contributed by atoms with Crippen LogP contribution in [0.5, 0.6) is 0 Å². The number of benzene rings is 8. The van der Waals surface area contributed by atoms with Crippen LogP contribution < -0.4 is 30.5 Å². The smallest absolute Gasteiger partial charge is 0.180 e. The molecule has 8 aromatic carbocycles. The van der Waals surface area contributed by atoms with Crippen molar-refractivity contribution in [1.29, 1.82) is 0 Å². The van der Waals surface area contributed by atoms with E-state index in [-0.39, 0.29) is 10.8 Å². The summed E-state index contributed by atoms with van der Waals surface area (Å²) in [6, 6.07) is 77.3. The molecule has 8 aromatic rings. The molecule has 2 spiro atoms. The van der Waals surface area contributed by atoms with Gasteiger partial charge in [-0.15, -0.1) is 0 Å². The SMILES string of the molecule is c1ccc([Si]2(c3ccccc3)c3ccc(N4c5ccccc5C5(c6ccccc64)C4C[C@H]6C[C@@H](C4)C[C@@H]5C6)cc3-c3ccc(N4c5ccccc5C5(c6ccccc64)C4C[C@H]6C[C@@H](C4)C[C@@H]5C6)cc32)cc1. The van der Waals surface area contributed by atoms with E-state index in [1.807, 2.05) is 0 Å². The van der Waals surface area contributed by atoms with E-state index in [0.29, 0.717) is 23.7 Å². The van der Waals surface area contributed by atoms with Gasteiger partial charge in [-0.3, -0.25) is 0 Å². The number of para-hydroxylation sites is 4. The van der Waals surface area contributed by atoms with Gasteiger partial charge in [0.05, 0.1) is 22.7 Å². The first-order valence-electron chi connectivity index (χ1n) is 27.5. The Morgan fingerprint density at radius 1 is 0.310 bits per heavy atom. The predicted molar refractivity (Wildman–Crippen MR) is 294 cm³/mol. The lowest BCUT2D eigenvalue weighted by Crippen LogP contribution is -2.72. The van der Waals surface area contributed by atoms with E-state index >= 15 is 0 Å². The van der Waals surface area contributed by atoms with Crippen molar-refractivity contribution in [3.05, 3.63) is 216 Å². The molecule has 0 aromatic heterocycles. The number of hydrogen-bond acceptors (Lipinski definition) is 2. The average Bonchev–Trinajstić information content (AvgIpc) is 3.71. The molecule has 0 amide bonds. The topological polar surface area (TPSA) is 6.48 Å². The first kappa shape index (κ1) is 40.2. The highest BCUT2D eigenvalue weighted by molar-refractivity contribution is 7.22. The van der Waals surface area contributed by atoms with Crippen molar-refractivity contribution in [3.8, 4) is 11.1 Å². The Labute approximate surface area is 420 Å². The second-order valence-electron chi connectivity index (χ2n) is 24.0. The van der Waals surface area contributed by atoms with Crippen LogP contribution in [-0.2, 0) is 10.8 Å². The highest BCUT2D eigenvalue weighted by Crippen LogP contribution is 2.71. The maximum Gasteiger partial charge on any atom is 0.180 e. The van der Waals surface area contributed by atoms with Crippen LogP contribution in [0.2, 0.25) is 0 Å². The molecule has 0 atom stereocenters. The van der Waals surface area contributed by atoms with Crippen LogP contribution >= 0.6 is 0 Å². The maximum atomic E-state index is 2.69. The van der Waals surface area contributed by atoms with E-state index in [1.165, 1.54) is 130 Å². The number of fused-ring (bicyclic) bond motifs is 7. The van der Waals surface area contributed by atoms with E-state index in [2.05, 4.69) is 204 Å². The summed E-state index contributed by atoms with van der Waals surface area (Å²) in [5.41, 5.74) is 17.4. The fraction of sp³-hybridized carbons (Fsp3) is 0.294. The van der Waals surface area contributed by atoms with E-state index in [0.717, 1.165) is 23.7 Å². The summed E-state index contributed by atoms with van der Waals surface area (Å²) in [5, 5.41) is 5.88. The molecule has 2 nitrogen and oxygen atoms in total. The van der Waals surface area contributed by atoms with Gasteiger partial charge >= 0.3 is 0 Å². The van der Waals surface area contributed by atoms with Gasteiger partial charge in [0.25, 0.3) is 0 Å². The summed E-state index contributed by atoms with van der Waals surface area (Å²) in [6.07, 6.45) is 14.0. The van der Waals surface area contributed by atoms with Gasteiger partial charge in [0, 0.05) is 22.2 Å². The first-order chi connectivity index (χ1) is 35.1. The average molecular weight is 933 g/mol. The normalized spacial score (nSPS) is 28.3. The van der Waals surface area contributed by atoms with Crippen LogP contribution in [-0.4, -0.2) is 8.07 Å². The molecule has 8 aliphatic carbocycles. The minimum Gasteiger partial charge on any atom is -0.310 e. The summed E-state index contributed by atoms with van der Waals surface area (Å²) < 4.78 is 0. The minimum atomic E-state index is -2.88. The molecule has 0 saturated heterocycles. The molecular weight excluding hydrogens is 873 g/mol. The Balaban J connectivity index is 0.881. The summed E-state index contributed by atoms with van der Waals surface area (Å²) in [7, 11) is -2.88. The zero-order valence-electron chi connectivity index (χ0n) is 40.6. The lowest BCUT2D eigenvalue weighted by Gasteiger charge is -2.64. The van der Waals surface area contributed by atoms with Gasteiger partial charge in [0.15, 0.2) is 8.07 Å². The Kier molecular flexibility index (Phi) is 8.14. The number of hydrogen-bond donors (Lipinski definition) is 0. The van der Waals surface area contributed by atoms with Gasteiger partial charge in [0.2, 0.25) is 0 Å². The molecule has 8 fully saturated rings. The minimum absolute atomic E-state index is 0.0779. The van der Waals surface area contributed by atoms with Crippen molar-refractivity contribution in [3.63, 3.8) is 0 Å². The van der Waals surface area contributed by atoms with Crippen molar-refractivity contribution in [2.45, 2.75) is 75.0 Å². The van der Waals surface area contributed by atoms with Crippen LogP contribution in [0.4, 0.5) is 34.1 Å². The highest BCUT2D eigenvalue weighted by Gasteiger charge is 2.63. The molecule has 3 heterocycles. The summed E-state index contributed by atoms with van der Waals surface area (Å²) >= 11 is 0. The molecule has 8 bridgehead atoms. The zero-order valence-corrected chi connectivity index (χ0v) is 41.6. The molecule has 0 radical (unpaired) electrons. The summed E-state index contributed by atoms with van der Waals surface area (Å²) in [4.78, 5) is 5.36. The molecule has 8 saturated carbocycles. The molecular formula is C68H60N2Si.